The summed E-state index contributed by atoms with van der Waals surface area (Å²) in [4.78, 5) is 23.2. The van der Waals surface area contributed by atoms with Crippen molar-refractivity contribution in [2.45, 2.75) is 72.6 Å². The molecule has 2 atom stereocenters. The molecule has 36 heavy (non-hydrogen) atoms. The lowest BCUT2D eigenvalue weighted by molar-refractivity contribution is -0.144. The number of carbonyl (C=O) groups excluding carboxylic acids is 2. The average Bonchev–Trinajstić information content (AvgIpc) is 2.79. The number of hydrogen-bond donors (Lipinski definition) is 2. The monoisotopic (exact) mass is 498 g/mol. The highest BCUT2D eigenvalue weighted by Gasteiger charge is 2.18. The molecule has 6 heteroatoms. The smallest absolute Gasteiger partial charge is 0.306 e. The molecule has 0 fully saturated rings. The predicted octanol–water partition coefficient (Wildman–Crippen LogP) is 6.87. The molecule has 0 aliphatic heterocycles. The van der Waals surface area contributed by atoms with Gasteiger partial charge in [-0.05, 0) is 81.3 Å². The number of phenols is 2. The van der Waals surface area contributed by atoms with E-state index in [1.807, 2.05) is 51.1 Å². The number of aromatic hydroxyl groups is 2. The predicted molar refractivity (Wildman–Crippen MR) is 143 cm³/mol. The quantitative estimate of drug-likeness (QED) is 0.259. The molecular formula is C30H42O6. The highest BCUT2D eigenvalue weighted by atomic mass is 16.5. The van der Waals surface area contributed by atoms with Crippen LogP contribution in [0.4, 0.5) is 0 Å². The van der Waals surface area contributed by atoms with Gasteiger partial charge in [0, 0.05) is 5.92 Å². The van der Waals surface area contributed by atoms with Crippen molar-refractivity contribution in [3.05, 3.63) is 71.3 Å². The maximum absolute atomic E-state index is 11.6. The van der Waals surface area contributed by atoms with Gasteiger partial charge in [0.25, 0.3) is 0 Å². The molecule has 6 nitrogen and oxygen atoms in total. The molecule has 0 radical (unpaired) electrons. The van der Waals surface area contributed by atoms with E-state index in [-0.39, 0.29) is 35.3 Å². The summed E-state index contributed by atoms with van der Waals surface area (Å²) < 4.78 is 9.99. The van der Waals surface area contributed by atoms with Crippen LogP contribution in [-0.2, 0) is 19.1 Å². The van der Waals surface area contributed by atoms with E-state index in [9.17, 15) is 19.8 Å². The zero-order chi connectivity index (χ0) is 27.1. The Morgan fingerprint density at radius 1 is 0.778 bits per heavy atom. The van der Waals surface area contributed by atoms with E-state index < -0.39 is 0 Å². The highest BCUT2D eigenvalue weighted by molar-refractivity contribution is 5.71. The number of allylic oxidation sites excluding steroid dienone is 2. The van der Waals surface area contributed by atoms with Gasteiger partial charge in [-0.3, -0.25) is 9.59 Å². The number of hydrogen-bond acceptors (Lipinski definition) is 6. The molecule has 0 amide bonds. The molecule has 2 N–H and O–H groups in total. The van der Waals surface area contributed by atoms with Gasteiger partial charge < -0.3 is 19.7 Å². The van der Waals surface area contributed by atoms with Gasteiger partial charge in [-0.1, -0.05) is 49.8 Å². The van der Waals surface area contributed by atoms with Gasteiger partial charge >= 0.3 is 11.9 Å². The lowest BCUT2D eigenvalue weighted by atomic mass is 9.88. The third kappa shape index (κ3) is 12.4. The zero-order valence-electron chi connectivity index (χ0n) is 22.5. The van der Waals surface area contributed by atoms with Gasteiger partial charge in [0.05, 0.1) is 26.1 Å². The van der Waals surface area contributed by atoms with Crippen molar-refractivity contribution in [3.63, 3.8) is 0 Å². The summed E-state index contributed by atoms with van der Waals surface area (Å²) in [5, 5.41) is 18.6. The Kier molecular flexibility index (Phi) is 14.0. The molecule has 0 spiro atoms. The summed E-state index contributed by atoms with van der Waals surface area (Å²) >= 11 is 0. The minimum absolute atomic E-state index is 0.00495. The molecule has 0 aliphatic rings. The molecule has 0 bridgehead atoms. The third-order valence-corrected chi connectivity index (χ3v) is 5.39. The number of rotatable bonds is 11. The Morgan fingerprint density at radius 2 is 1.22 bits per heavy atom. The Morgan fingerprint density at radius 3 is 1.64 bits per heavy atom. The summed E-state index contributed by atoms with van der Waals surface area (Å²) in [5.74, 6) is 0.783. The average molecular weight is 499 g/mol. The van der Waals surface area contributed by atoms with E-state index >= 15 is 0 Å². The Labute approximate surface area is 216 Å². The maximum atomic E-state index is 11.6. The second-order valence-electron chi connectivity index (χ2n) is 9.38. The number of carbonyl (C=O) groups is 2. The van der Waals surface area contributed by atoms with E-state index in [1.54, 1.807) is 31.2 Å². The Hall–Kier alpha value is -3.28. The van der Waals surface area contributed by atoms with Crippen molar-refractivity contribution < 1.29 is 29.3 Å². The molecule has 0 aromatic heterocycles. The first kappa shape index (κ1) is 30.8. The first-order valence-electron chi connectivity index (χ1n) is 12.6. The molecule has 2 aromatic carbocycles. The molecule has 0 unspecified atom stereocenters. The van der Waals surface area contributed by atoms with Gasteiger partial charge in [-0.2, -0.15) is 0 Å². The number of ether oxygens (including phenoxy) is 2. The summed E-state index contributed by atoms with van der Waals surface area (Å²) in [6, 6.07) is 14.0. The molecule has 2 aromatic rings. The standard InChI is InChI=1S/C15H22O3.C15H20O3/c2*1-4-18-15(17)10-13(9-11(2)3)12-5-7-14(16)8-6-12/h5-8,11,13,16H,4,9-10H2,1-3H3;5-9,13,16H,4,10H2,1-3H3/t2*13-/m00/s1. The normalized spacial score (nSPS) is 12.1. The van der Waals surface area contributed by atoms with Crippen molar-refractivity contribution in [1.82, 2.24) is 0 Å². The fourth-order valence-corrected chi connectivity index (χ4v) is 3.87. The fourth-order valence-electron chi connectivity index (χ4n) is 3.87. The van der Waals surface area contributed by atoms with Crippen LogP contribution in [-0.4, -0.2) is 35.4 Å². The molecule has 0 saturated carbocycles. The van der Waals surface area contributed by atoms with Gasteiger partial charge in [0.2, 0.25) is 0 Å². The van der Waals surface area contributed by atoms with Crippen molar-refractivity contribution in [2.24, 2.45) is 5.92 Å². The first-order chi connectivity index (χ1) is 17.0. The summed E-state index contributed by atoms with van der Waals surface area (Å²) in [7, 11) is 0. The van der Waals surface area contributed by atoms with Crippen LogP contribution in [0.2, 0.25) is 0 Å². The van der Waals surface area contributed by atoms with Crippen molar-refractivity contribution in [1.29, 1.82) is 0 Å². The van der Waals surface area contributed by atoms with E-state index in [0.29, 0.717) is 32.0 Å². The minimum Gasteiger partial charge on any atom is -0.508 e. The minimum atomic E-state index is -0.201. The Balaban J connectivity index is 0.000000360. The number of esters is 2. The maximum Gasteiger partial charge on any atom is 0.306 e. The Bertz CT molecular complexity index is 940. The first-order valence-corrected chi connectivity index (χ1v) is 12.6. The molecule has 198 valence electrons. The highest BCUT2D eigenvalue weighted by Crippen LogP contribution is 2.29. The molecule has 0 saturated heterocycles. The van der Waals surface area contributed by atoms with Crippen LogP contribution in [0.15, 0.2) is 60.2 Å². The summed E-state index contributed by atoms with van der Waals surface area (Å²) in [6.45, 7) is 12.7. The SMILES string of the molecule is CCOC(=O)C[C@H](C=C(C)C)c1ccc(O)cc1.CCOC(=O)C[C@H](CC(C)C)c1ccc(O)cc1. The fraction of sp³-hybridized carbons (Fsp3) is 0.467. The van der Waals surface area contributed by atoms with Crippen LogP contribution >= 0.6 is 0 Å². The van der Waals surface area contributed by atoms with Crippen LogP contribution < -0.4 is 0 Å². The molecule has 2 rings (SSSR count). The van der Waals surface area contributed by atoms with Crippen LogP contribution in [0, 0.1) is 5.92 Å². The number of phenolic OH excluding ortho intramolecular Hbond substituents is 2. The van der Waals surface area contributed by atoms with Crippen molar-refractivity contribution in [3.8, 4) is 11.5 Å². The lowest BCUT2D eigenvalue weighted by Gasteiger charge is -2.18. The van der Waals surface area contributed by atoms with E-state index in [0.717, 1.165) is 23.1 Å². The van der Waals surface area contributed by atoms with E-state index in [4.69, 9.17) is 9.47 Å². The van der Waals surface area contributed by atoms with Crippen molar-refractivity contribution in [2.75, 3.05) is 13.2 Å². The van der Waals surface area contributed by atoms with Crippen molar-refractivity contribution >= 4 is 11.9 Å². The second-order valence-corrected chi connectivity index (χ2v) is 9.38. The van der Waals surface area contributed by atoms with Crippen LogP contribution in [0.25, 0.3) is 0 Å². The van der Waals surface area contributed by atoms with Gasteiger partial charge in [-0.25, -0.2) is 0 Å². The zero-order valence-corrected chi connectivity index (χ0v) is 22.5. The van der Waals surface area contributed by atoms with E-state index in [2.05, 4.69) is 13.8 Å². The van der Waals surface area contributed by atoms with Gasteiger partial charge in [0.1, 0.15) is 11.5 Å². The summed E-state index contributed by atoms with van der Waals surface area (Å²) in [6.07, 6.45) is 3.70. The van der Waals surface area contributed by atoms with E-state index in [1.165, 1.54) is 0 Å². The largest absolute Gasteiger partial charge is 0.508 e. The number of benzene rings is 2. The summed E-state index contributed by atoms with van der Waals surface area (Å²) in [5.41, 5.74) is 3.23. The van der Waals surface area contributed by atoms with Crippen LogP contribution in [0.1, 0.15) is 83.8 Å². The van der Waals surface area contributed by atoms with Gasteiger partial charge in [-0.15, -0.1) is 0 Å². The van der Waals surface area contributed by atoms with Crippen LogP contribution in [0.5, 0.6) is 11.5 Å². The van der Waals surface area contributed by atoms with Crippen LogP contribution in [0.3, 0.4) is 0 Å². The molecule has 0 aliphatic carbocycles. The third-order valence-electron chi connectivity index (χ3n) is 5.39. The molecule has 0 heterocycles. The second kappa shape index (κ2) is 16.4. The molecular weight excluding hydrogens is 456 g/mol. The lowest BCUT2D eigenvalue weighted by Crippen LogP contribution is -2.12. The topological polar surface area (TPSA) is 93.1 Å². The van der Waals surface area contributed by atoms with Gasteiger partial charge in [0.15, 0.2) is 0 Å².